The van der Waals surface area contributed by atoms with Gasteiger partial charge in [-0.15, -0.1) is 0 Å². The van der Waals surface area contributed by atoms with Crippen LogP contribution in [-0.4, -0.2) is 26.9 Å². The molecule has 1 heterocycles. The number of carbonyl (C=O) groups excluding carboxylic acids is 1. The number of hydrogen-bond donors (Lipinski definition) is 0. The van der Waals surface area contributed by atoms with Gasteiger partial charge in [0.15, 0.2) is 0 Å². The molecule has 1 saturated carbocycles. The molecule has 5 nitrogen and oxygen atoms in total. The van der Waals surface area contributed by atoms with Crippen molar-refractivity contribution in [3.05, 3.63) is 40.4 Å². The highest BCUT2D eigenvalue weighted by Gasteiger charge is 2.32. The maximum Gasteiger partial charge on any atom is 0.261 e. The predicted molar refractivity (Wildman–Crippen MR) is 122 cm³/mol. The second kappa shape index (κ2) is 10.2. The standard InChI is InChI=1S/C25H37N3O2/c1-5-22(23-26-21-15-11-10-14-20(21)25(30)27(23)6-2)28(17-16-18(3)4)24(29)19-12-8-7-9-13-19/h10-11,14-15,18-19,22H,5-9,12-13,16-17H2,1-4H3. The van der Waals surface area contributed by atoms with Gasteiger partial charge >= 0.3 is 0 Å². The van der Waals surface area contributed by atoms with Crippen molar-refractivity contribution in [2.45, 2.75) is 85.2 Å². The van der Waals surface area contributed by atoms with Crippen molar-refractivity contribution in [1.29, 1.82) is 0 Å². The average Bonchev–Trinajstić information content (AvgIpc) is 2.76. The molecule has 0 saturated heterocycles. The van der Waals surface area contributed by atoms with Crippen LogP contribution in [0.4, 0.5) is 0 Å². The Morgan fingerprint density at radius 3 is 2.50 bits per heavy atom. The Morgan fingerprint density at radius 1 is 1.17 bits per heavy atom. The molecule has 164 valence electrons. The number of rotatable bonds is 8. The molecular formula is C25H37N3O2. The lowest BCUT2D eigenvalue weighted by molar-refractivity contribution is -0.139. The number of nitrogens with zero attached hydrogens (tertiary/aromatic N) is 3. The fourth-order valence-corrected chi connectivity index (χ4v) is 4.69. The molecule has 1 aromatic heterocycles. The van der Waals surface area contributed by atoms with Gasteiger partial charge in [-0.25, -0.2) is 4.98 Å². The van der Waals surface area contributed by atoms with Gasteiger partial charge in [0.05, 0.1) is 16.9 Å². The highest BCUT2D eigenvalue weighted by atomic mass is 16.2. The van der Waals surface area contributed by atoms with Crippen LogP contribution in [0.3, 0.4) is 0 Å². The van der Waals surface area contributed by atoms with E-state index in [9.17, 15) is 9.59 Å². The van der Waals surface area contributed by atoms with E-state index in [1.165, 1.54) is 6.42 Å². The molecule has 1 amide bonds. The van der Waals surface area contributed by atoms with E-state index in [1.807, 2.05) is 31.2 Å². The van der Waals surface area contributed by atoms with Crippen LogP contribution < -0.4 is 5.56 Å². The third-order valence-electron chi connectivity index (χ3n) is 6.45. The summed E-state index contributed by atoms with van der Waals surface area (Å²) >= 11 is 0. The van der Waals surface area contributed by atoms with Crippen molar-refractivity contribution in [2.24, 2.45) is 11.8 Å². The largest absolute Gasteiger partial charge is 0.332 e. The first-order chi connectivity index (χ1) is 14.5. The molecule has 1 fully saturated rings. The second-order valence-electron chi connectivity index (χ2n) is 9.01. The van der Waals surface area contributed by atoms with E-state index in [2.05, 4.69) is 25.7 Å². The van der Waals surface area contributed by atoms with Crippen molar-refractivity contribution in [3.8, 4) is 0 Å². The molecule has 30 heavy (non-hydrogen) atoms. The molecule has 3 rings (SSSR count). The topological polar surface area (TPSA) is 55.2 Å². The summed E-state index contributed by atoms with van der Waals surface area (Å²) in [4.78, 5) is 33.8. The highest BCUT2D eigenvalue weighted by Crippen LogP contribution is 2.31. The van der Waals surface area contributed by atoms with E-state index in [4.69, 9.17) is 4.98 Å². The van der Waals surface area contributed by atoms with Crippen molar-refractivity contribution in [2.75, 3.05) is 6.54 Å². The summed E-state index contributed by atoms with van der Waals surface area (Å²) in [7, 11) is 0. The summed E-state index contributed by atoms with van der Waals surface area (Å²) in [6.07, 6.45) is 7.19. The maximum atomic E-state index is 13.6. The normalized spacial score (nSPS) is 16.2. The molecular weight excluding hydrogens is 374 g/mol. The van der Waals surface area contributed by atoms with Crippen LogP contribution in [0.5, 0.6) is 0 Å². The minimum Gasteiger partial charge on any atom is -0.332 e. The first kappa shape index (κ1) is 22.5. The molecule has 1 unspecified atom stereocenters. The number of para-hydroxylation sites is 1. The Hall–Kier alpha value is -2.17. The molecule has 1 aliphatic carbocycles. The van der Waals surface area contributed by atoms with Gasteiger partial charge < -0.3 is 4.90 Å². The SMILES string of the molecule is CCC(c1nc2ccccc2c(=O)n1CC)N(CCC(C)C)C(=O)C1CCCCC1. The van der Waals surface area contributed by atoms with E-state index < -0.39 is 0 Å². The lowest BCUT2D eigenvalue weighted by Crippen LogP contribution is -2.43. The second-order valence-corrected chi connectivity index (χ2v) is 9.01. The summed E-state index contributed by atoms with van der Waals surface area (Å²) in [5.41, 5.74) is 0.708. The van der Waals surface area contributed by atoms with Crippen LogP contribution in [0.2, 0.25) is 0 Å². The highest BCUT2D eigenvalue weighted by molar-refractivity contribution is 5.80. The smallest absolute Gasteiger partial charge is 0.261 e. The molecule has 2 aromatic rings. The number of carbonyl (C=O) groups is 1. The van der Waals surface area contributed by atoms with Gasteiger partial charge in [0.2, 0.25) is 5.91 Å². The Labute approximate surface area is 180 Å². The average molecular weight is 412 g/mol. The third-order valence-corrected chi connectivity index (χ3v) is 6.45. The molecule has 1 atom stereocenters. The zero-order valence-corrected chi connectivity index (χ0v) is 19.1. The van der Waals surface area contributed by atoms with E-state index in [-0.39, 0.29) is 23.4 Å². The molecule has 1 aromatic carbocycles. The summed E-state index contributed by atoms with van der Waals surface area (Å²) in [5, 5.41) is 0.644. The minimum absolute atomic E-state index is 0.00882. The Balaban J connectivity index is 2.06. The van der Waals surface area contributed by atoms with Crippen LogP contribution in [0, 0.1) is 11.8 Å². The van der Waals surface area contributed by atoms with E-state index >= 15 is 0 Å². The van der Waals surface area contributed by atoms with Crippen LogP contribution >= 0.6 is 0 Å². The zero-order valence-electron chi connectivity index (χ0n) is 19.1. The van der Waals surface area contributed by atoms with E-state index in [0.29, 0.717) is 17.8 Å². The monoisotopic (exact) mass is 411 g/mol. The van der Waals surface area contributed by atoms with Gasteiger partial charge in [-0.3, -0.25) is 14.2 Å². The molecule has 0 radical (unpaired) electrons. The quantitative estimate of drug-likeness (QED) is 0.590. The van der Waals surface area contributed by atoms with Crippen molar-refractivity contribution < 1.29 is 4.79 Å². The molecule has 0 N–H and O–H groups in total. The predicted octanol–water partition coefficient (Wildman–Crippen LogP) is 5.32. The summed E-state index contributed by atoms with van der Waals surface area (Å²) in [5.74, 6) is 1.62. The van der Waals surface area contributed by atoms with Crippen LogP contribution in [0.1, 0.15) is 84.5 Å². The van der Waals surface area contributed by atoms with Gasteiger partial charge in [-0.2, -0.15) is 0 Å². The number of amides is 1. The molecule has 0 bridgehead atoms. The maximum absolute atomic E-state index is 13.6. The third kappa shape index (κ3) is 4.76. The fraction of sp³-hybridized carbons (Fsp3) is 0.640. The number of hydrogen-bond acceptors (Lipinski definition) is 3. The summed E-state index contributed by atoms with van der Waals surface area (Å²) < 4.78 is 1.77. The zero-order chi connectivity index (χ0) is 21.7. The number of benzene rings is 1. The molecule has 5 heteroatoms. The Morgan fingerprint density at radius 2 is 1.87 bits per heavy atom. The van der Waals surface area contributed by atoms with Gasteiger partial charge in [0.1, 0.15) is 5.82 Å². The first-order valence-electron chi connectivity index (χ1n) is 11.8. The minimum atomic E-state index is -0.171. The van der Waals surface area contributed by atoms with Crippen molar-refractivity contribution in [3.63, 3.8) is 0 Å². The van der Waals surface area contributed by atoms with Crippen molar-refractivity contribution in [1.82, 2.24) is 14.5 Å². The fourth-order valence-electron chi connectivity index (χ4n) is 4.69. The number of aromatic nitrogens is 2. The summed E-state index contributed by atoms with van der Waals surface area (Å²) in [6.45, 7) is 9.75. The molecule has 0 spiro atoms. The van der Waals surface area contributed by atoms with Gasteiger partial charge in [0.25, 0.3) is 5.56 Å². The summed E-state index contributed by atoms with van der Waals surface area (Å²) in [6, 6.07) is 7.36. The number of fused-ring (bicyclic) bond motifs is 1. The van der Waals surface area contributed by atoms with Gasteiger partial charge in [-0.1, -0.05) is 52.2 Å². The van der Waals surface area contributed by atoms with Crippen LogP contribution in [-0.2, 0) is 11.3 Å². The Kier molecular flexibility index (Phi) is 7.68. The molecule has 1 aliphatic rings. The van der Waals surface area contributed by atoms with Gasteiger partial charge in [0, 0.05) is 19.0 Å². The van der Waals surface area contributed by atoms with E-state index in [1.54, 1.807) is 4.57 Å². The lowest BCUT2D eigenvalue weighted by Gasteiger charge is -2.36. The van der Waals surface area contributed by atoms with Crippen LogP contribution in [0.25, 0.3) is 10.9 Å². The van der Waals surface area contributed by atoms with Gasteiger partial charge in [-0.05, 0) is 50.7 Å². The Bertz CT molecular complexity index is 912. The first-order valence-corrected chi connectivity index (χ1v) is 11.8. The van der Waals surface area contributed by atoms with Crippen molar-refractivity contribution >= 4 is 16.8 Å². The van der Waals surface area contributed by atoms with Crippen LogP contribution in [0.15, 0.2) is 29.1 Å². The molecule has 0 aliphatic heterocycles. The lowest BCUT2D eigenvalue weighted by atomic mass is 9.87. The van der Waals surface area contributed by atoms with E-state index in [0.717, 1.165) is 56.4 Å².